The Bertz CT molecular complexity index is 516. The van der Waals surface area contributed by atoms with Crippen molar-refractivity contribution < 1.29 is 4.79 Å². The standard InChI is InChI=1S/C15H20Br3N3O/c1-3-5-11(6-4-2)20-21-14(22)9-19-15-12(17)7-10(16)8-13(15)18/h7-8,19H,3-6,9H2,1-2H3,(H,21,22). The van der Waals surface area contributed by atoms with Gasteiger partial charge in [-0.25, -0.2) is 5.43 Å². The summed E-state index contributed by atoms with van der Waals surface area (Å²) in [5.41, 5.74) is 4.50. The highest BCUT2D eigenvalue weighted by Crippen LogP contribution is 2.34. The topological polar surface area (TPSA) is 53.5 Å². The van der Waals surface area contributed by atoms with Crippen LogP contribution in [0.15, 0.2) is 30.7 Å². The summed E-state index contributed by atoms with van der Waals surface area (Å²) in [5.74, 6) is -0.161. The number of nitrogens with one attached hydrogen (secondary N) is 2. The van der Waals surface area contributed by atoms with Crippen molar-refractivity contribution in [2.45, 2.75) is 39.5 Å². The highest BCUT2D eigenvalue weighted by Gasteiger charge is 2.08. The second-order valence-electron chi connectivity index (χ2n) is 4.81. The molecule has 0 unspecified atom stereocenters. The van der Waals surface area contributed by atoms with Crippen molar-refractivity contribution in [1.29, 1.82) is 0 Å². The van der Waals surface area contributed by atoms with Gasteiger partial charge in [0.15, 0.2) is 0 Å². The van der Waals surface area contributed by atoms with E-state index in [9.17, 15) is 4.79 Å². The van der Waals surface area contributed by atoms with E-state index in [1.165, 1.54) is 0 Å². The van der Waals surface area contributed by atoms with Crippen molar-refractivity contribution >= 4 is 65.1 Å². The van der Waals surface area contributed by atoms with Gasteiger partial charge in [-0.1, -0.05) is 42.6 Å². The van der Waals surface area contributed by atoms with Gasteiger partial charge < -0.3 is 5.32 Å². The number of hydrazone groups is 1. The summed E-state index contributed by atoms with van der Waals surface area (Å²) in [6, 6.07) is 3.84. The fourth-order valence-electron chi connectivity index (χ4n) is 1.87. The van der Waals surface area contributed by atoms with Crippen LogP contribution in [0.3, 0.4) is 0 Å². The van der Waals surface area contributed by atoms with Crippen molar-refractivity contribution in [3.8, 4) is 0 Å². The molecule has 0 atom stereocenters. The summed E-state index contributed by atoms with van der Waals surface area (Å²) in [4.78, 5) is 11.9. The lowest BCUT2D eigenvalue weighted by molar-refractivity contribution is -0.119. The number of halogens is 3. The second kappa shape index (κ2) is 10.4. The molecule has 0 aliphatic carbocycles. The molecule has 0 aromatic heterocycles. The summed E-state index contributed by atoms with van der Waals surface area (Å²) >= 11 is 10.4. The smallest absolute Gasteiger partial charge is 0.259 e. The lowest BCUT2D eigenvalue weighted by atomic mass is 10.1. The number of rotatable bonds is 8. The fraction of sp³-hybridized carbons (Fsp3) is 0.467. The van der Waals surface area contributed by atoms with E-state index in [-0.39, 0.29) is 12.5 Å². The average Bonchev–Trinajstić information content (AvgIpc) is 2.44. The molecular weight excluding hydrogens is 478 g/mol. The minimum Gasteiger partial charge on any atom is -0.374 e. The quantitative estimate of drug-likeness (QED) is 0.370. The van der Waals surface area contributed by atoms with Crippen LogP contribution in [-0.4, -0.2) is 18.2 Å². The Morgan fingerprint density at radius 3 is 2.14 bits per heavy atom. The molecule has 22 heavy (non-hydrogen) atoms. The largest absolute Gasteiger partial charge is 0.374 e. The third-order valence-corrected chi connectivity index (χ3v) is 4.56. The van der Waals surface area contributed by atoms with Gasteiger partial charge in [0.1, 0.15) is 0 Å². The summed E-state index contributed by atoms with van der Waals surface area (Å²) in [5, 5.41) is 7.32. The Hall–Kier alpha value is -0.400. The molecule has 4 nitrogen and oxygen atoms in total. The van der Waals surface area contributed by atoms with E-state index >= 15 is 0 Å². The molecule has 7 heteroatoms. The first kappa shape index (κ1) is 19.6. The van der Waals surface area contributed by atoms with Crippen LogP contribution in [0.5, 0.6) is 0 Å². The van der Waals surface area contributed by atoms with Gasteiger partial charge in [-0.3, -0.25) is 4.79 Å². The first-order valence-corrected chi connectivity index (χ1v) is 9.58. The number of anilines is 1. The van der Waals surface area contributed by atoms with Crippen LogP contribution in [-0.2, 0) is 4.79 Å². The zero-order valence-corrected chi connectivity index (χ0v) is 17.4. The molecule has 0 saturated carbocycles. The average molecular weight is 498 g/mol. The molecule has 122 valence electrons. The van der Waals surface area contributed by atoms with Crippen molar-refractivity contribution in [3.05, 3.63) is 25.6 Å². The molecule has 1 aromatic rings. The normalized spacial score (nSPS) is 10.2. The van der Waals surface area contributed by atoms with Crippen LogP contribution >= 0.6 is 47.8 Å². The molecule has 0 radical (unpaired) electrons. The fourth-order valence-corrected chi connectivity index (χ4v) is 4.41. The van der Waals surface area contributed by atoms with Crippen LogP contribution < -0.4 is 10.7 Å². The maximum absolute atomic E-state index is 11.9. The Kier molecular flexibility index (Phi) is 9.28. The van der Waals surface area contributed by atoms with Crippen LogP contribution in [0.25, 0.3) is 0 Å². The van der Waals surface area contributed by atoms with Gasteiger partial charge in [0, 0.05) is 19.1 Å². The van der Waals surface area contributed by atoms with Crippen molar-refractivity contribution in [2.24, 2.45) is 5.10 Å². The van der Waals surface area contributed by atoms with Crippen molar-refractivity contribution in [3.63, 3.8) is 0 Å². The van der Waals surface area contributed by atoms with E-state index < -0.39 is 0 Å². The number of carbonyl (C=O) groups is 1. The number of hydrogen-bond donors (Lipinski definition) is 2. The lowest BCUT2D eigenvalue weighted by Crippen LogP contribution is -2.27. The van der Waals surface area contributed by atoms with Crippen LogP contribution in [0.2, 0.25) is 0 Å². The maximum Gasteiger partial charge on any atom is 0.259 e. The molecular formula is C15H20Br3N3O. The monoisotopic (exact) mass is 495 g/mol. The van der Waals surface area contributed by atoms with Gasteiger partial charge in [0.05, 0.1) is 12.2 Å². The highest BCUT2D eigenvalue weighted by molar-refractivity contribution is 9.11. The first-order valence-electron chi connectivity index (χ1n) is 7.20. The number of carbonyl (C=O) groups excluding carboxylic acids is 1. The molecule has 0 fully saturated rings. The third-order valence-electron chi connectivity index (χ3n) is 2.85. The molecule has 0 aliphatic heterocycles. The van der Waals surface area contributed by atoms with Gasteiger partial charge >= 0.3 is 0 Å². The van der Waals surface area contributed by atoms with Gasteiger partial charge in [0.2, 0.25) is 0 Å². The van der Waals surface area contributed by atoms with E-state index in [0.717, 1.165) is 50.5 Å². The molecule has 0 spiro atoms. The predicted octanol–water partition coefficient (Wildman–Crippen LogP) is 5.46. The lowest BCUT2D eigenvalue weighted by Gasteiger charge is -2.11. The zero-order chi connectivity index (χ0) is 16.5. The number of nitrogens with zero attached hydrogens (tertiary/aromatic N) is 1. The van der Waals surface area contributed by atoms with Gasteiger partial charge in [-0.2, -0.15) is 5.10 Å². The predicted molar refractivity (Wildman–Crippen MR) is 103 cm³/mol. The van der Waals surface area contributed by atoms with E-state index in [2.05, 4.69) is 77.5 Å². The van der Waals surface area contributed by atoms with Crippen LogP contribution in [0.1, 0.15) is 39.5 Å². The Labute approximate surface area is 156 Å². The Balaban J connectivity index is 2.58. The second-order valence-corrected chi connectivity index (χ2v) is 7.44. The molecule has 1 rings (SSSR count). The summed E-state index contributed by atoms with van der Waals surface area (Å²) in [7, 11) is 0. The number of benzene rings is 1. The van der Waals surface area contributed by atoms with Crippen molar-refractivity contribution in [1.82, 2.24) is 5.43 Å². The minimum atomic E-state index is -0.161. The zero-order valence-electron chi connectivity index (χ0n) is 12.7. The van der Waals surface area contributed by atoms with Crippen molar-refractivity contribution in [2.75, 3.05) is 11.9 Å². The van der Waals surface area contributed by atoms with E-state index in [1.54, 1.807) is 0 Å². The molecule has 0 bridgehead atoms. The molecule has 0 heterocycles. The maximum atomic E-state index is 11.9. The summed E-state index contributed by atoms with van der Waals surface area (Å²) in [6.07, 6.45) is 3.91. The number of amides is 1. The third kappa shape index (κ3) is 6.79. The Morgan fingerprint density at radius 2 is 1.64 bits per heavy atom. The van der Waals surface area contributed by atoms with E-state index in [1.807, 2.05) is 12.1 Å². The molecule has 2 N–H and O–H groups in total. The Morgan fingerprint density at radius 1 is 1.09 bits per heavy atom. The van der Waals surface area contributed by atoms with Crippen LogP contribution in [0, 0.1) is 0 Å². The van der Waals surface area contributed by atoms with Gasteiger partial charge in [-0.05, 0) is 56.8 Å². The van der Waals surface area contributed by atoms with E-state index in [0.29, 0.717) is 0 Å². The minimum absolute atomic E-state index is 0.161. The van der Waals surface area contributed by atoms with Gasteiger partial charge in [0.25, 0.3) is 5.91 Å². The van der Waals surface area contributed by atoms with Crippen LogP contribution in [0.4, 0.5) is 5.69 Å². The van der Waals surface area contributed by atoms with Gasteiger partial charge in [-0.15, -0.1) is 0 Å². The highest BCUT2D eigenvalue weighted by atomic mass is 79.9. The molecule has 0 saturated heterocycles. The summed E-state index contributed by atoms with van der Waals surface area (Å²) in [6.45, 7) is 4.38. The number of hydrogen-bond acceptors (Lipinski definition) is 3. The SMILES string of the molecule is CCCC(CCC)=NNC(=O)CNc1c(Br)cc(Br)cc1Br. The molecule has 0 aliphatic rings. The summed E-state index contributed by atoms with van der Waals surface area (Å²) < 4.78 is 2.71. The molecule has 1 aromatic carbocycles. The first-order chi connectivity index (χ1) is 10.5. The molecule has 1 amide bonds. The van der Waals surface area contributed by atoms with E-state index in [4.69, 9.17) is 0 Å².